The van der Waals surface area contributed by atoms with Crippen molar-refractivity contribution in [2.24, 2.45) is 0 Å². The molecule has 8 nitrogen and oxygen atoms in total. The maximum Gasteiger partial charge on any atom is 0.338 e. The van der Waals surface area contributed by atoms with E-state index in [0.717, 1.165) is 11.8 Å². The molecule has 13 heteroatoms. The van der Waals surface area contributed by atoms with E-state index in [9.17, 15) is 29.1 Å². The molecule has 0 saturated carbocycles. The molecule has 1 atom stereocenters. The topological polar surface area (TPSA) is 130 Å². The third-order valence-corrected chi connectivity index (χ3v) is 10.7. The Morgan fingerprint density at radius 1 is 0.633 bits per heavy atom. The first-order chi connectivity index (χ1) is 23.5. The van der Waals surface area contributed by atoms with E-state index in [1.807, 2.05) is 0 Å². The number of hydrogen-bond acceptors (Lipinski definition) is 6. The van der Waals surface area contributed by atoms with Gasteiger partial charge in [-0.25, -0.2) is 4.79 Å². The summed E-state index contributed by atoms with van der Waals surface area (Å²) < 4.78 is 0. The highest BCUT2D eigenvalue weighted by Crippen LogP contribution is 2.43. The van der Waals surface area contributed by atoms with Gasteiger partial charge in [0.05, 0.1) is 42.5 Å². The van der Waals surface area contributed by atoms with E-state index in [0.29, 0.717) is 16.0 Å². The lowest BCUT2D eigenvalue weighted by atomic mass is 9.83. The van der Waals surface area contributed by atoms with Crippen LogP contribution in [0.5, 0.6) is 0 Å². The number of carboxylic acid groups (broad SMARTS) is 1. The van der Waals surface area contributed by atoms with Gasteiger partial charge in [0, 0.05) is 27.3 Å². The van der Waals surface area contributed by atoms with Gasteiger partial charge in [-0.15, -0.1) is 11.8 Å². The van der Waals surface area contributed by atoms with Crippen molar-refractivity contribution in [3.05, 3.63) is 156 Å². The standard InChI is InChI=1S/C36H20Cl4N2O6S/c37-27-25(26(36(47)48)28(38)30(40)29(27)39)34(45)41-18-10-6-11-19(16-18)49-33(17-8-2-1-3-9-17)35(46)42-23-15-7-14-22-24(23)32(44)21-13-5-4-12-20(21)31(22)43/h1-16,33H,(H,41,45)(H,42,46)(H,47,48). The van der Waals surface area contributed by atoms with Crippen LogP contribution in [0, 0.1) is 0 Å². The molecular formula is C36H20Cl4N2O6S. The fraction of sp³-hybridized carbons (Fsp3) is 0.0278. The number of nitrogens with one attached hydrogen (secondary N) is 2. The number of thioether (sulfide) groups is 1. The van der Waals surface area contributed by atoms with Gasteiger partial charge in [-0.3, -0.25) is 19.2 Å². The monoisotopic (exact) mass is 748 g/mol. The molecule has 0 spiro atoms. The van der Waals surface area contributed by atoms with Gasteiger partial charge in [0.1, 0.15) is 5.25 Å². The average molecular weight is 750 g/mol. The van der Waals surface area contributed by atoms with E-state index >= 15 is 0 Å². The number of rotatable bonds is 8. The Bertz CT molecular complexity index is 2230. The number of hydrogen-bond donors (Lipinski definition) is 3. The second-order valence-electron chi connectivity index (χ2n) is 10.6. The predicted molar refractivity (Wildman–Crippen MR) is 191 cm³/mol. The van der Waals surface area contributed by atoms with Crippen LogP contribution in [0.25, 0.3) is 0 Å². The highest BCUT2D eigenvalue weighted by molar-refractivity contribution is 8.00. The molecule has 0 aliphatic heterocycles. The van der Waals surface area contributed by atoms with Gasteiger partial charge in [-0.2, -0.15) is 0 Å². The number of carboxylic acids is 1. The third-order valence-electron chi connectivity index (χ3n) is 7.60. The maximum atomic E-state index is 14.0. The summed E-state index contributed by atoms with van der Waals surface area (Å²) in [7, 11) is 0. The van der Waals surface area contributed by atoms with Crippen LogP contribution >= 0.6 is 58.2 Å². The van der Waals surface area contributed by atoms with E-state index in [1.165, 1.54) is 0 Å². The van der Waals surface area contributed by atoms with Crippen molar-refractivity contribution in [3.63, 3.8) is 0 Å². The summed E-state index contributed by atoms with van der Waals surface area (Å²) in [5, 5.41) is 13.0. The fourth-order valence-corrected chi connectivity index (χ4v) is 7.47. The van der Waals surface area contributed by atoms with Gasteiger partial charge in [-0.05, 0) is 29.8 Å². The number of halogens is 4. The smallest absolute Gasteiger partial charge is 0.338 e. The highest BCUT2D eigenvalue weighted by atomic mass is 35.5. The van der Waals surface area contributed by atoms with Gasteiger partial charge in [0.25, 0.3) is 5.91 Å². The van der Waals surface area contributed by atoms with Crippen LogP contribution in [0.4, 0.5) is 11.4 Å². The van der Waals surface area contributed by atoms with Gasteiger partial charge >= 0.3 is 5.97 Å². The quantitative estimate of drug-likeness (QED) is 0.0803. The molecular weight excluding hydrogens is 730 g/mol. The molecule has 0 radical (unpaired) electrons. The largest absolute Gasteiger partial charge is 0.478 e. The van der Waals surface area contributed by atoms with E-state index in [-0.39, 0.29) is 54.7 Å². The molecule has 0 aromatic heterocycles. The minimum atomic E-state index is -1.54. The fourth-order valence-electron chi connectivity index (χ4n) is 5.37. The molecule has 0 heterocycles. The van der Waals surface area contributed by atoms with E-state index in [4.69, 9.17) is 46.4 Å². The predicted octanol–water partition coefficient (Wildman–Crippen LogP) is 9.50. The zero-order chi connectivity index (χ0) is 35.0. The molecule has 5 aromatic rings. The number of benzene rings is 5. The van der Waals surface area contributed by atoms with E-state index < -0.39 is 39.2 Å². The molecule has 1 aliphatic carbocycles. The third kappa shape index (κ3) is 6.56. The maximum absolute atomic E-state index is 14.0. The Hall–Kier alpha value is -4.64. The zero-order valence-corrected chi connectivity index (χ0v) is 28.6. The molecule has 6 rings (SSSR count). The zero-order valence-electron chi connectivity index (χ0n) is 24.7. The summed E-state index contributed by atoms with van der Waals surface area (Å²) in [6, 6.07) is 26.7. The Morgan fingerprint density at radius 3 is 1.90 bits per heavy atom. The number of anilines is 2. The lowest BCUT2D eigenvalue weighted by Gasteiger charge is -2.22. The summed E-state index contributed by atoms with van der Waals surface area (Å²) in [4.78, 5) is 66.7. The summed E-state index contributed by atoms with van der Waals surface area (Å²) >= 11 is 25.7. The molecule has 0 fully saturated rings. The van der Waals surface area contributed by atoms with E-state index in [2.05, 4.69) is 10.6 Å². The first-order valence-electron chi connectivity index (χ1n) is 14.3. The number of ketones is 2. The minimum absolute atomic E-state index is 0.114. The molecule has 1 aliphatic rings. The number of aromatic carboxylic acids is 1. The van der Waals surface area contributed by atoms with Gasteiger partial charge < -0.3 is 15.7 Å². The SMILES string of the molecule is O=C1c2ccccc2C(=O)c2c(NC(=O)C(Sc3cccc(NC(=O)c4c(Cl)c(Cl)c(Cl)c(Cl)c4C(=O)O)c3)c3ccccc3)cccc21. The lowest BCUT2D eigenvalue weighted by Crippen LogP contribution is -2.25. The second-order valence-corrected chi connectivity index (χ2v) is 13.3. The molecule has 2 amide bonds. The van der Waals surface area contributed by atoms with Crippen LogP contribution in [0.3, 0.4) is 0 Å². The normalized spacial score (nSPS) is 12.5. The lowest BCUT2D eigenvalue weighted by molar-refractivity contribution is -0.115. The van der Waals surface area contributed by atoms with Crippen LogP contribution in [-0.4, -0.2) is 34.5 Å². The number of carbonyl (C=O) groups is 5. The van der Waals surface area contributed by atoms with Crippen molar-refractivity contribution in [3.8, 4) is 0 Å². The van der Waals surface area contributed by atoms with Gasteiger partial charge in [0.2, 0.25) is 5.91 Å². The molecule has 5 aromatic carbocycles. The molecule has 244 valence electrons. The van der Waals surface area contributed by atoms with E-state index in [1.54, 1.807) is 97.1 Å². The Labute approximate surface area is 303 Å². The number of amides is 2. The first kappa shape index (κ1) is 34.2. The Morgan fingerprint density at radius 2 is 1.22 bits per heavy atom. The van der Waals surface area contributed by atoms with Crippen molar-refractivity contribution in [1.29, 1.82) is 0 Å². The van der Waals surface area contributed by atoms with Crippen molar-refractivity contribution < 1.29 is 29.1 Å². The second kappa shape index (κ2) is 14.1. The van der Waals surface area contributed by atoms with Crippen molar-refractivity contribution >= 4 is 98.9 Å². The molecule has 0 bridgehead atoms. The minimum Gasteiger partial charge on any atom is -0.478 e. The van der Waals surface area contributed by atoms with Gasteiger partial charge in [-0.1, -0.05) is 119 Å². The van der Waals surface area contributed by atoms with Crippen molar-refractivity contribution in [2.75, 3.05) is 10.6 Å². The molecule has 3 N–H and O–H groups in total. The van der Waals surface area contributed by atoms with Crippen LogP contribution in [0.15, 0.2) is 102 Å². The van der Waals surface area contributed by atoms with Gasteiger partial charge in [0.15, 0.2) is 11.6 Å². The summed E-state index contributed by atoms with van der Waals surface area (Å²) in [6.07, 6.45) is 0. The Kier molecular flexibility index (Phi) is 9.83. The number of fused-ring (bicyclic) bond motifs is 2. The first-order valence-corrected chi connectivity index (χ1v) is 16.7. The summed E-state index contributed by atoms with van der Waals surface area (Å²) in [5.41, 5.74) is 0.866. The molecule has 0 saturated heterocycles. The van der Waals surface area contributed by atoms with Crippen LogP contribution in [0.1, 0.15) is 63.4 Å². The van der Waals surface area contributed by atoms with Crippen LogP contribution in [-0.2, 0) is 4.79 Å². The van der Waals surface area contributed by atoms with Crippen molar-refractivity contribution in [1.82, 2.24) is 0 Å². The Balaban J connectivity index is 1.30. The average Bonchev–Trinajstić information content (AvgIpc) is 3.10. The number of carbonyl (C=O) groups excluding carboxylic acids is 4. The summed E-state index contributed by atoms with van der Waals surface area (Å²) in [6.45, 7) is 0. The van der Waals surface area contributed by atoms with Crippen LogP contribution in [0.2, 0.25) is 20.1 Å². The summed E-state index contributed by atoms with van der Waals surface area (Å²) in [5.74, 6) is -3.60. The molecule has 49 heavy (non-hydrogen) atoms. The van der Waals surface area contributed by atoms with Crippen molar-refractivity contribution in [2.45, 2.75) is 10.1 Å². The molecule has 1 unspecified atom stereocenters. The van der Waals surface area contributed by atoms with Crippen LogP contribution < -0.4 is 10.6 Å². The highest BCUT2D eigenvalue weighted by Gasteiger charge is 2.33.